The second-order valence-corrected chi connectivity index (χ2v) is 4.59. The van der Waals surface area contributed by atoms with E-state index in [1.807, 2.05) is 0 Å². The largest absolute Gasteiger partial charge is 0.419 e. The van der Waals surface area contributed by atoms with Gasteiger partial charge in [0.15, 0.2) is 0 Å². The molecule has 0 aromatic heterocycles. The van der Waals surface area contributed by atoms with Crippen LogP contribution in [-0.4, -0.2) is 33.4 Å². The van der Waals surface area contributed by atoms with Gasteiger partial charge in [-0.2, -0.15) is 13.2 Å². The molecule has 0 atom stereocenters. The second kappa shape index (κ2) is 8.96. The molecule has 0 radical (unpaired) electrons. The minimum Gasteiger partial charge on any atom is -0.383 e. The summed E-state index contributed by atoms with van der Waals surface area (Å²) in [6.07, 6.45) is -3.82. The smallest absolute Gasteiger partial charge is 0.383 e. The summed E-state index contributed by atoms with van der Waals surface area (Å²) in [5.41, 5.74) is -0.806. The molecule has 0 aliphatic rings. The van der Waals surface area contributed by atoms with Gasteiger partial charge in [0.05, 0.1) is 12.2 Å². The van der Waals surface area contributed by atoms with Gasteiger partial charge in [-0.25, -0.2) is 4.39 Å². The van der Waals surface area contributed by atoms with Crippen LogP contribution in [0.25, 0.3) is 0 Å². The monoisotopic (exact) mass is 308 g/mol. The predicted octanol–water partition coefficient (Wildman–Crippen LogP) is 2.56. The van der Waals surface area contributed by atoms with E-state index in [0.717, 1.165) is 31.6 Å². The van der Waals surface area contributed by atoms with Crippen molar-refractivity contribution in [3.8, 4) is 0 Å². The van der Waals surface area contributed by atoms with Crippen LogP contribution in [-0.2, 0) is 17.5 Å². The third-order valence-corrected chi connectivity index (χ3v) is 2.86. The molecular formula is C14H20F4N2O. The van der Waals surface area contributed by atoms with E-state index in [2.05, 4.69) is 10.6 Å². The van der Waals surface area contributed by atoms with Crippen LogP contribution in [0, 0.1) is 5.82 Å². The van der Waals surface area contributed by atoms with E-state index in [1.165, 1.54) is 6.07 Å². The number of rotatable bonds is 9. The van der Waals surface area contributed by atoms with Gasteiger partial charge >= 0.3 is 6.18 Å². The third kappa shape index (κ3) is 6.88. The lowest BCUT2D eigenvalue weighted by atomic mass is 10.1. The number of benzene rings is 1. The van der Waals surface area contributed by atoms with Crippen molar-refractivity contribution >= 4 is 0 Å². The molecule has 0 heterocycles. The average Bonchev–Trinajstić information content (AvgIpc) is 2.42. The van der Waals surface area contributed by atoms with Crippen molar-refractivity contribution < 1.29 is 22.3 Å². The fraction of sp³-hybridized carbons (Fsp3) is 0.571. The Balaban J connectivity index is 2.30. The van der Waals surface area contributed by atoms with Gasteiger partial charge in [-0.3, -0.25) is 0 Å². The lowest BCUT2D eigenvalue weighted by Crippen LogP contribution is -2.24. The van der Waals surface area contributed by atoms with Gasteiger partial charge < -0.3 is 15.4 Å². The van der Waals surface area contributed by atoms with Crippen molar-refractivity contribution in [2.75, 3.05) is 33.4 Å². The molecule has 0 fully saturated rings. The highest BCUT2D eigenvalue weighted by atomic mass is 19.4. The normalized spacial score (nSPS) is 11.9. The van der Waals surface area contributed by atoms with Crippen molar-refractivity contribution in [2.45, 2.75) is 19.1 Å². The van der Waals surface area contributed by atoms with Crippen molar-refractivity contribution in [3.05, 3.63) is 35.1 Å². The van der Waals surface area contributed by atoms with Crippen LogP contribution >= 0.6 is 0 Å². The zero-order chi connectivity index (χ0) is 15.7. The van der Waals surface area contributed by atoms with Crippen molar-refractivity contribution in [1.29, 1.82) is 0 Å². The second-order valence-electron chi connectivity index (χ2n) is 4.59. The van der Waals surface area contributed by atoms with Crippen LogP contribution in [0.2, 0.25) is 0 Å². The fourth-order valence-electron chi connectivity index (χ4n) is 1.77. The molecule has 0 amide bonds. The molecule has 1 aromatic rings. The summed E-state index contributed by atoms with van der Waals surface area (Å²) < 4.78 is 55.6. The molecule has 0 bridgehead atoms. The zero-order valence-electron chi connectivity index (χ0n) is 11.9. The van der Waals surface area contributed by atoms with Crippen LogP contribution in [0.3, 0.4) is 0 Å². The Hall–Kier alpha value is -1.18. The standard InChI is InChI=1S/C14H20F4N2O/c1-21-8-7-19-5-2-6-20-10-11-3-4-13(15)12(9-11)14(16,17)18/h3-4,9,19-20H,2,5-8,10H2,1H3. The first-order chi connectivity index (χ1) is 9.95. The SMILES string of the molecule is COCCNCCCNCc1ccc(F)c(C(F)(F)F)c1. The number of halogens is 4. The molecule has 0 aliphatic carbocycles. The van der Waals surface area contributed by atoms with E-state index in [0.29, 0.717) is 18.7 Å². The summed E-state index contributed by atoms with van der Waals surface area (Å²) in [5, 5.41) is 6.19. The molecular weight excluding hydrogens is 288 g/mol. The lowest BCUT2D eigenvalue weighted by Gasteiger charge is -2.11. The van der Waals surface area contributed by atoms with Crippen molar-refractivity contribution in [3.63, 3.8) is 0 Å². The lowest BCUT2D eigenvalue weighted by molar-refractivity contribution is -0.140. The molecule has 0 saturated carbocycles. The summed E-state index contributed by atoms with van der Waals surface area (Å²) in [4.78, 5) is 0. The maximum Gasteiger partial charge on any atom is 0.419 e. The zero-order valence-corrected chi connectivity index (χ0v) is 11.9. The van der Waals surface area contributed by atoms with Crippen LogP contribution in [0.15, 0.2) is 18.2 Å². The topological polar surface area (TPSA) is 33.3 Å². The van der Waals surface area contributed by atoms with Crippen LogP contribution in [0.4, 0.5) is 17.6 Å². The first-order valence-corrected chi connectivity index (χ1v) is 6.71. The maximum absolute atomic E-state index is 13.1. The quantitative estimate of drug-likeness (QED) is 0.543. The fourth-order valence-corrected chi connectivity index (χ4v) is 1.77. The number of hydrogen-bond acceptors (Lipinski definition) is 3. The number of ether oxygens (including phenoxy) is 1. The summed E-state index contributed by atoms with van der Waals surface area (Å²) in [6, 6.07) is 3.06. The number of hydrogen-bond donors (Lipinski definition) is 2. The molecule has 21 heavy (non-hydrogen) atoms. The van der Waals surface area contributed by atoms with Gasteiger partial charge in [0.25, 0.3) is 0 Å². The molecule has 7 heteroatoms. The molecule has 0 saturated heterocycles. The molecule has 2 N–H and O–H groups in total. The van der Waals surface area contributed by atoms with Crippen molar-refractivity contribution in [2.24, 2.45) is 0 Å². The van der Waals surface area contributed by atoms with Gasteiger partial charge in [0.2, 0.25) is 0 Å². The van der Waals surface area contributed by atoms with E-state index in [9.17, 15) is 17.6 Å². The van der Waals surface area contributed by atoms with E-state index in [-0.39, 0.29) is 6.54 Å². The van der Waals surface area contributed by atoms with E-state index >= 15 is 0 Å². The molecule has 3 nitrogen and oxygen atoms in total. The Labute approximate surface area is 121 Å². The van der Waals surface area contributed by atoms with Gasteiger partial charge in [0.1, 0.15) is 5.82 Å². The highest BCUT2D eigenvalue weighted by Gasteiger charge is 2.34. The summed E-state index contributed by atoms with van der Waals surface area (Å²) in [6.45, 7) is 3.15. The summed E-state index contributed by atoms with van der Waals surface area (Å²) in [7, 11) is 1.63. The van der Waals surface area contributed by atoms with Gasteiger partial charge in [-0.05, 0) is 37.2 Å². The van der Waals surface area contributed by atoms with Gasteiger partial charge in [-0.15, -0.1) is 0 Å². The summed E-state index contributed by atoms with van der Waals surface area (Å²) >= 11 is 0. The predicted molar refractivity (Wildman–Crippen MR) is 72.5 cm³/mol. The van der Waals surface area contributed by atoms with Crippen molar-refractivity contribution in [1.82, 2.24) is 10.6 Å². The van der Waals surface area contributed by atoms with Crippen LogP contribution in [0.1, 0.15) is 17.5 Å². The third-order valence-electron chi connectivity index (χ3n) is 2.86. The first kappa shape index (κ1) is 17.9. The van der Waals surface area contributed by atoms with Crippen LogP contribution < -0.4 is 10.6 Å². The van der Waals surface area contributed by atoms with Gasteiger partial charge in [-0.1, -0.05) is 6.07 Å². The molecule has 1 rings (SSSR count). The Morgan fingerprint density at radius 2 is 1.81 bits per heavy atom. The minimum absolute atomic E-state index is 0.279. The Kier molecular flexibility index (Phi) is 7.63. The Morgan fingerprint density at radius 1 is 1.10 bits per heavy atom. The highest BCUT2D eigenvalue weighted by molar-refractivity contribution is 5.27. The molecule has 120 valence electrons. The Morgan fingerprint density at radius 3 is 2.48 bits per heavy atom. The molecule has 0 unspecified atom stereocenters. The average molecular weight is 308 g/mol. The van der Waals surface area contributed by atoms with E-state index in [4.69, 9.17) is 4.74 Å². The molecule has 0 spiro atoms. The minimum atomic E-state index is -4.66. The van der Waals surface area contributed by atoms with Gasteiger partial charge in [0, 0.05) is 20.2 Å². The maximum atomic E-state index is 13.1. The Bertz CT molecular complexity index is 424. The van der Waals surface area contributed by atoms with E-state index in [1.54, 1.807) is 7.11 Å². The number of methoxy groups -OCH3 is 1. The highest BCUT2D eigenvalue weighted by Crippen LogP contribution is 2.31. The summed E-state index contributed by atoms with van der Waals surface area (Å²) in [5.74, 6) is -1.24. The molecule has 1 aromatic carbocycles. The number of nitrogens with one attached hydrogen (secondary N) is 2. The first-order valence-electron chi connectivity index (χ1n) is 6.71. The number of alkyl halides is 3. The van der Waals surface area contributed by atoms with Crippen LogP contribution in [0.5, 0.6) is 0 Å². The molecule has 0 aliphatic heterocycles. The van der Waals surface area contributed by atoms with E-state index < -0.39 is 17.6 Å².